The maximum atomic E-state index is 13.6. The van der Waals surface area contributed by atoms with Crippen LogP contribution in [-0.4, -0.2) is 131 Å². The second-order valence-corrected chi connectivity index (χ2v) is 21.9. The van der Waals surface area contributed by atoms with E-state index in [1.165, 1.54) is 16.7 Å². The van der Waals surface area contributed by atoms with Crippen LogP contribution in [0.4, 0.5) is 16.3 Å². The minimum atomic E-state index is -5.91. The molecule has 0 spiro atoms. The Balaban J connectivity index is 0.917. The fraction of sp³-hybridized carbons (Fsp3) is 0.386. The van der Waals surface area contributed by atoms with E-state index in [-0.39, 0.29) is 41.2 Å². The van der Waals surface area contributed by atoms with Crippen LogP contribution in [0.2, 0.25) is 0 Å². The molecule has 10 N–H and O–H groups in total. The number of carbonyl (C=O) groups is 3. The highest BCUT2D eigenvalue weighted by Gasteiger charge is 2.50. The largest absolute Gasteiger partial charge is 0.490 e. The Morgan fingerprint density at radius 2 is 1.68 bits per heavy atom. The molecule has 5 aromatic rings. The van der Waals surface area contributed by atoms with Crippen LogP contribution in [0, 0.1) is 0 Å². The van der Waals surface area contributed by atoms with Crippen molar-refractivity contribution in [2.24, 2.45) is 0 Å². The van der Waals surface area contributed by atoms with E-state index < -0.39 is 72.6 Å². The zero-order valence-electron chi connectivity index (χ0n) is 39.5. The number of hydrogen-bond donors (Lipinski definition) is 9. The number of alkyl carbamates (subject to hydrolysis) is 1. The van der Waals surface area contributed by atoms with Crippen molar-refractivity contribution in [3.63, 3.8) is 0 Å². The number of imidazole rings is 1. The van der Waals surface area contributed by atoms with E-state index in [2.05, 4.69) is 69.7 Å². The molecule has 2 unspecified atom stereocenters. The minimum absolute atomic E-state index is 0.00468. The number of nitrogen functional groups attached to an aromatic ring is 1. The lowest BCUT2D eigenvalue weighted by molar-refractivity contribution is -0.0508. The number of hydrogen-bond acceptors (Lipinski definition) is 18. The van der Waals surface area contributed by atoms with E-state index in [1.54, 1.807) is 6.07 Å². The topological polar surface area (TPSA) is 379 Å². The van der Waals surface area contributed by atoms with Gasteiger partial charge in [-0.15, -0.1) is 0 Å². The molecule has 6 heterocycles. The SMILES string of the molecule is CCN1CCCc2cc3c(cc21)Oc1cc2c(cc1=C3c1ccc(C(=O)NCCNC(=O)O[C@H]3[C@@H](O)[C@H](n4cnc5c(N)ncnc54)O[C@@H]3COP(=O)(O)OP(=O)(O)OP(=O)(O)O)cc1C(=O)O)CCC[N+]=2CC. The summed E-state index contributed by atoms with van der Waals surface area (Å²) < 4.78 is 69.2. The van der Waals surface area contributed by atoms with Crippen molar-refractivity contribution in [1.82, 2.24) is 34.7 Å². The second kappa shape index (κ2) is 20.9. The smallest absolute Gasteiger partial charge is 0.478 e. The number of carboxylic acids is 1. The fourth-order valence-electron chi connectivity index (χ4n) is 9.59. The Bertz CT molecular complexity index is 3370. The number of nitrogens with two attached hydrogens (primary N) is 1. The molecule has 2 aromatic heterocycles. The molecular formula is C44H51N9O18P3+. The Morgan fingerprint density at radius 3 is 2.42 bits per heavy atom. The van der Waals surface area contributed by atoms with Gasteiger partial charge in [0.2, 0.25) is 5.36 Å². The maximum absolute atomic E-state index is 13.6. The van der Waals surface area contributed by atoms with Crippen LogP contribution in [0.3, 0.4) is 0 Å². The highest BCUT2D eigenvalue weighted by molar-refractivity contribution is 7.66. The summed E-state index contributed by atoms with van der Waals surface area (Å²) >= 11 is 0. The molecule has 74 heavy (non-hydrogen) atoms. The Kier molecular flexibility index (Phi) is 14.8. The summed E-state index contributed by atoms with van der Waals surface area (Å²) in [5.41, 5.74) is 11.0. The predicted octanol–water partition coefficient (Wildman–Crippen LogP) is 1.82. The van der Waals surface area contributed by atoms with E-state index in [4.69, 9.17) is 34.3 Å². The predicted molar refractivity (Wildman–Crippen MR) is 258 cm³/mol. The van der Waals surface area contributed by atoms with Gasteiger partial charge in [0, 0.05) is 71.8 Å². The molecule has 0 bridgehead atoms. The van der Waals surface area contributed by atoms with Crippen molar-refractivity contribution in [3.8, 4) is 11.5 Å². The van der Waals surface area contributed by atoms with E-state index in [0.717, 1.165) is 97.5 Å². The zero-order valence-corrected chi connectivity index (χ0v) is 42.2. The number of benzene rings is 3. The standard InChI is InChI=1S/C44H50N9O18P3/c1-3-51-13-5-7-23-15-28-32(18-30(23)51)67-33-19-31-24(8-6-14-52(31)4-2)16-29(33)35(28)26-10-9-25(17-27(26)43(56)57)41(55)46-11-12-47-44(58)69-38-34(20-66-73(62,63)71-74(64,65)70-72(59,60)61)68-42(37(38)54)53-22-50-36-39(45)48-21-49-40(36)53/h9-10,15-19,21-22,34,37-38,42,54H,3-8,11-14,20H2,1-2H3,(H8-,45,46,47,48,49,55,56,57,58,59,60,61,62,63,64,65)/p+1/t34-,37-,38-,42-/m1/s1. The van der Waals surface area contributed by atoms with Gasteiger partial charge in [0.1, 0.15) is 48.6 Å². The van der Waals surface area contributed by atoms with Gasteiger partial charge in [-0.1, -0.05) is 6.07 Å². The number of nitrogens with one attached hydrogen (secondary N) is 2. The molecule has 3 aromatic carbocycles. The third-order valence-electron chi connectivity index (χ3n) is 12.8. The van der Waals surface area contributed by atoms with Crippen LogP contribution >= 0.6 is 23.5 Å². The van der Waals surface area contributed by atoms with Gasteiger partial charge in [-0.2, -0.15) is 8.62 Å². The number of phosphoric acid groups is 3. The molecule has 9 rings (SSSR count). The number of amides is 2. The molecule has 4 aliphatic rings. The van der Waals surface area contributed by atoms with Crippen LogP contribution < -0.4 is 41.2 Å². The quantitative estimate of drug-likeness (QED) is 0.0357. The molecule has 30 heteroatoms. The number of aliphatic hydroxyl groups excluding tert-OH is 1. The Hall–Kier alpha value is -6.18. The maximum Gasteiger partial charge on any atom is 0.490 e. The van der Waals surface area contributed by atoms with Gasteiger partial charge < -0.3 is 65.3 Å². The number of rotatable bonds is 17. The first-order valence-corrected chi connectivity index (χ1v) is 27.7. The number of anilines is 2. The summed E-state index contributed by atoms with van der Waals surface area (Å²) in [5, 5.41) is 29.0. The van der Waals surface area contributed by atoms with Crippen molar-refractivity contribution in [3.05, 3.63) is 99.1 Å². The molecule has 6 atom stereocenters. The molecule has 0 aliphatic carbocycles. The van der Waals surface area contributed by atoms with Crippen molar-refractivity contribution in [2.45, 2.75) is 64.1 Å². The van der Waals surface area contributed by atoms with Gasteiger partial charge in [0.05, 0.1) is 24.6 Å². The highest BCUT2D eigenvalue weighted by atomic mass is 31.3. The summed E-state index contributed by atoms with van der Waals surface area (Å²) in [7, 11) is -17.3. The molecule has 1 saturated heterocycles. The van der Waals surface area contributed by atoms with Crippen LogP contribution in [0.15, 0.2) is 55.1 Å². The van der Waals surface area contributed by atoms with Gasteiger partial charge in [-0.25, -0.2) is 42.8 Å². The lowest BCUT2D eigenvalue weighted by Crippen LogP contribution is -2.42. The number of aromatic carboxylic acids is 1. The molecule has 27 nitrogen and oxygen atoms in total. The highest BCUT2D eigenvalue weighted by Crippen LogP contribution is 2.66. The normalized spacial score (nSPS) is 20.8. The lowest BCUT2D eigenvalue weighted by Gasteiger charge is -2.32. The fourth-order valence-corrected chi connectivity index (χ4v) is 12.6. The first-order chi connectivity index (χ1) is 35.1. The Labute approximate surface area is 419 Å². The van der Waals surface area contributed by atoms with Gasteiger partial charge in [-0.05, 0) is 68.5 Å². The van der Waals surface area contributed by atoms with Crippen LogP contribution in [0.25, 0.3) is 16.7 Å². The summed E-state index contributed by atoms with van der Waals surface area (Å²) in [6.45, 7) is 5.97. The summed E-state index contributed by atoms with van der Waals surface area (Å²) in [5.74, 6) is -0.810. The number of aromatic nitrogens is 4. The molecule has 1 fully saturated rings. The van der Waals surface area contributed by atoms with Gasteiger partial charge in [0.15, 0.2) is 23.8 Å². The number of carbonyl (C=O) groups excluding carboxylic acids is 2. The van der Waals surface area contributed by atoms with E-state index in [1.807, 2.05) is 12.1 Å². The van der Waals surface area contributed by atoms with Crippen LogP contribution in [0.5, 0.6) is 11.5 Å². The molecule has 4 aliphatic heterocycles. The van der Waals surface area contributed by atoms with Gasteiger partial charge >= 0.3 is 35.5 Å². The number of nitrogens with zero attached hydrogens (tertiary/aromatic N) is 6. The average molecular weight is 1090 g/mol. The van der Waals surface area contributed by atoms with E-state index >= 15 is 0 Å². The van der Waals surface area contributed by atoms with Crippen molar-refractivity contribution in [1.29, 1.82) is 0 Å². The van der Waals surface area contributed by atoms with Crippen molar-refractivity contribution < 1.29 is 85.2 Å². The van der Waals surface area contributed by atoms with Crippen LogP contribution in [0.1, 0.15) is 75.9 Å². The zero-order chi connectivity index (χ0) is 52.9. The molecule has 2 amide bonds. The van der Waals surface area contributed by atoms with Crippen molar-refractivity contribution in [2.75, 3.05) is 56.5 Å². The third kappa shape index (κ3) is 11.0. The minimum Gasteiger partial charge on any atom is -0.478 e. The number of phosphoric ester groups is 1. The molecule has 394 valence electrons. The molecule has 0 radical (unpaired) electrons. The second-order valence-electron chi connectivity index (χ2n) is 17.4. The molecular weight excluding hydrogens is 1040 g/mol. The number of fused-ring (bicyclic) bond motifs is 5. The van der Waals surface area contributed by atoms with Gasteiger partial charge in [-0.3, -0.25) is 13.9 Å². The summed E-state index contributed by atoms with van der Waals surface area (Å²) in [6, 6.07) is 12.6. The van der Waals surface area contributed by atoms with Crippen LogP contribution in [-0.2, 0) is 49.2 Å². The van der Waals surface area contributed by atoms with Gasteiger partial charge in [0.25, 0.3) is 5.91 Å². The third-order valence-corrected chi connectivity index (χ3v) is 16.6. The number of ether oxygens (including phenoxy) is 3. The molecule has 0 saturated carbocycles. The average Bonchev–Trinajstić information content (AvgIpc) is 3.91. The lowest BCUT2D eigenvalue weighted by atomic mass is 9.86. The summed E-state index contributed by atoms with van der Waals surface area (Å²) in [4.78, 5) is 91.7. The van der Waals surface area contributed by atoms with E-state index in [9.17, 15) is 48.1 Å². The summed E-state index contributed by atoms with van der Waals surface area (Å²) in [6.07, 6.45) is -2.15. The van der Waals surface area contributed by atoms with Crippen molar-refractivity contribution >= 4 is 69.7 Å². The van der Waals surface area contributed by atoms with E-state index in [0.29, 0.717) is 22.6 Å². The monoisotopic (exact) mass is 1090 g/mol. The number of carboxylic acid groups (broad SMARTS) is 1. The first kappa shape index (κ1) is 52.7. The Morgan fingerprint density at radius 1 is 0.905 bits per heavy atom. The number of aliphatic hydroxyl groups is 1. The number of aryl methyl sites for hydroxylation is 2. The first-order valence-electron chi connectivity index (χ1n) is 23.2.